The number of hydrogen-bond acceptors (Lipinski definition) is 13. The number of hydrogen-bond donors (Lipinski definition) is 2. The summed E-state index contributed by atoms with van der Waals surface area (Å²) in [6, 6.07) is 11.8. The summed E-state index contributed by atoms with van der Waals surface area (Å²) < 4.78 is 63.9. The lowest BCUT2D eigenvalue weighted by molar-refractivity contribution is -0.132. The predicted molar refractivity (Wildman–Crippen MR) is 159 cm³/mol. The quantitative estimate of drug-likeness (QED) is 0.107. The van der Waals surface area contributed by atoms with Crippen molar-refractivity contribution in [1.29, 1.82) is 0 Å². The average Bonchev–Trinajstić information content (AvgIpc) is 3.46. The second kappa shape index (κ2) is 15.1. The molecule has 16 nitrogen and oxygen atoms in total. The maximum absolute atomic E-state index is 13.6. The molecule has 18 heteroatoms. The van der Waals surface area contributed by atoms with Gasteiger partial charge >= 0.3 is 33.3 Å². The zero-order chi connectivity index (χ0) is 33.5. The van der Waals surface area contributed by atoms with Crippen molar-refractivity contribution in [3.8, 4) is 11.5 Å². The third-order valence-electron chi connectivity index (χ3n) is 5.98. The third kappa shape index (κ3) is 10.3. The molecule has 3 aromatic rings. The molecule has 0 aliphatic carbocycles. The summed E-state index contributed by atoms with van der Waals surface area (Å²) in [4.78, 5) is 58.7. The standard InChI is InChI=1S/C28H30N2O14P2/c1-18-14-30(28(34)29-27(18)33)26-13-12-25(43-26)17-38-45(35,36)44-46(37,39-15-21-4-8-23(9-5-21)41-19(2)31)40-16-22-6-10-24(11-7-22)42-20(3)32/h4-14,25-26H,15-17H2,1-3H3,(H,35,36)(H,29,33,34)/t25-,26+/m0/s1. The van der Waals surface area contributed by atoms with Gasteiger partial charge in [-0.2, -0.15) is 4.31 Å². The monoisotopic (exact) mass is 680 g/mol. The Labute approximate surface area is 261 Å². The maximum Gasteiger partial charge on any atom is 0.484 e. The summed E-state index contributed by atoms with van der Waals surface area (Å²) >= 11 is 0. The SMILES string of the molecule is CC(=O)Oc1ccc(COP(=O)(OCc2ccc(OC(C)=O)cc2)OP(=O)(O)OC[C@@H]2C=C[C@H](n3cc(C)c(=O)[nH]c3=O)O2)cc1. The van der Waals surface area contributed by atoms with E-state index in [-0.39, 0.29) is 17.1 Å². The Morgan fingerprint density at radius 1 is 0.870 bits per heavy atom. The van der Waals surface area contributed by atoms with Gasteiger partial charge in [-0.1, -0.05) is 30.3 Å². The average molecular weight is 680 g/mol. The number of nitrogens with one attached hydrogen (secondary N) is 1. The van der Waals surface area contributed by atoms with Gasteiger partial charge in [0.1, 0.15) is 17.6 Å². The fraction of sp³-hybridized carbons (Fsp3) is 0.286. The predicted octanol–water partition coefficient (Wildman–Crippen LogP) is 3.82. The van der Waals surface area contributed by atoms with Crippen molar-refractivity contribution < 1.29 is 55.7 Å². The molecule has 1 aliphatic rings. The van der Waals surface area contributed by atoms with Crippen molar-refractivity contribution in [2.45, 2.75) is 46.3 Å². The molecule has 0 fully saturated rings. The zero-order valence-corrected chi connectivity index (χ0v) is 26.5. The third-order valence-corrected chi connectivity index (χ3v) is 8.97. The van der Waals surface area contributed by atoms with E-state index in [9.17, 15) is 33.2 Å². The van der Waals surface area contributed by atoms with Crippen molar-refractivity contribution in [2.24, 2.45) is 0 Å². The van der Waals surface area contributed by atoms with E-state index in [1.165, 1.54) is 87.7 Å². The van der Waals surface area contributed by atoms with Crippen LogP contribution in [0.15, 0.2) is 76.5 Å². The number of esters is 2. The fourth-order valence-corrected chi connectivity index (χ4v) is 6.47. The molecule has 46 heavy (non-hydrogen) atoms. The van der Waals surface area contributed by atoms with Crippen LogP contribution in [0.5, 0.6) is 11.5 Å². The number of rotatable bonds is 14. The van der Waals surface area contributed by atoms with Crippen molar-refractivity contribution in [3.63, 3.8) is 0 Å². The minimum absolute atomic E-state index is 0.253. The van der Waals surface area contributed by atoms with E-state index in [2.05, 4.69) is 4.98 Å². The Balaban J connectivity index is 1.41. The fourth-order valence-electron chi connectivity index (χ4n) is 3.87. The van der Waals surface area contributed by atoms with Crippen LogP contribution in [-0.4, -0.2) is 39.1 Å². The van der Waals surface area contributed by atoms with E-state index >= 15 is 0 Å². The van der Waals surface area contributed by atoms with Crippen molar-refractivity contribution >= 4 is 27.6 Å². The molecule has 3 atom stereocenters. The van der Waals surface area contributed by atoms with Gasteiger partial charge in [-0.15, -0.1) is 0 Å². The smallest absolute Gasteiger partial charge is 0.427 e. The van der Waals surface area contributed by atoms with Crippen molar-refractivity contribution in [2.75, 3.05) is 6.61 Å². The van der Waals surface area contributed by atoms with E-state index in [4.69, 9.17) is 32.1 Å². The molecule has 2 aromatic carbocycles. The van der Waals surface area contributed by atoms with Gasteiger partial charge in [0.2, 0.25) is 0 Å². The Morgan fingerprint density at radius 3 is 1.89 bits per heavy atom. The Morgan fingerprint density at radius 2 is 1.39 bits per heavy atom. The number of aryl methyl sites for hydroxylation is 1. The van der Waals surface area contributed by atoms with E-state index in [1.807, 2.05) is 0 Å². The molecule has 0 bridgehead atoms. The van der Waals surface area contributed by atoms with Crippen molar-refractivity contribution in [1.82, 2.24) is 9.55 Å². The van der Waals surface area contributed by atoms with Crippen LogP contribution in [0.2, 0.25) is 0 Å². The molecule has 2 N–H and O–H groups in total. The molecule has 1 aliphatic heterocycles. The van der Waals surface area contributed by atoms with Gasteiger partial charge < -0.3 is 19.1 Å². The molecule has 0 saturated carbocycles. The number of aromatic amines is 1. The Bertz CT molecular complexity index is 1730. The van der Waals surface area contributed by atoms with Crippen LogP contribution in [0.4, 0.5) is 0 Å². The first-order valence-corrected chi connectivity index (χ1v) is 16.4. The highest BCUT2D eigenvalue weighted by atomic mass is 31.3. The molecule has 0 saturated heterocycles. The van der Waals surface area contributed by atoms with Crippen LogP contribution in [-0.2, 0) is 54.6 Å². The van der Waals surface area contributed by atoms with E-state index < -0.39 is 71.0 Å². The number of benzene rings is 2. The number of carbonyl (C=O) groups excluding carboxylic acids is 2. The van der Waals surface area contributed by atoms with Gasteiger partial charge in [0.15, 0.2) is 6.23 Å². The number of carbonyl (C=O) groups is 2. The summed E-state index contributed by atoms with van der Waals surface area (Å²) in [5, 5.41) is 0. The maximum atomic E-state index is 13.6. The lowest BCUT2D eigenvalue weighted by atomic mass is 10.2. The van der Waals surface area contributed by atoms with Crippen LogP contribution in [0.3, 0.4) is 0 Å². The second-order valence-electron chi connectivity index (χ2n) is 9.74. The van der Waals surface area contributed by atoms with Gasteiger partial charge in [-0.3, -0.25) is 37.5 Å². The van der Waals surface area contributed by atoms with Gasteiger partial charge in [0.25, 0.3) is 5.56 Å². The van der Waals surface area contributed by atoms with E-state index in [0.29, 0.717) is 11.1 Å². The molecule has 4 rings (SSSR count). The number of aromatic nitrogens is 2. The summed E-state index contributed by atoms with van der Waals surface area (Å²) in [5.41, 5.74) is -0.161. The largest absolute Gasteiger partial charge is 0.484 e. The summed E-state index contributed by atoms with van der Waals surface area (Å²) in [6.07, 6.45) is 2.38. The first-order chi connectivity index (χ1) is 21.7. The normalized spacial score (nSPS) is 17.4. The highest BCUT2D eigenvalue weighted by Crippen LogP contribution is 2.64. The highest BCUT2D eigenvalue weighted by molar-refractivity contribution is 7.61. The molecular formula is C28H30N2O14P2. The number of ether oxygens (including phenoxy) is 3. The van der Waals surface area contributed by atoms with Gasteiger partial charge in [0, 0.05) is 25.6 Å². The highest BCUT2D eigenvalue weighted by Gasteiger charge is 2.39. The summed E-state index contributed by atoms with van der Waals surface area (Å²) in [7, 11) is -9.96. The molecule has 0 spiro atoms. The summed E-state index contributed by atoms with van der Waals surface area (Å²) in [6.45, 7) is 2.60. The lowest BCUT2D eigenvalue weighted by Crippen LogP contribution is -2.33. The van der Waals surface area contributed by atoms with Crippen LogP contribution < -0.4 is 20.7 Å². The van der Waals surface area contributed by atoms with Crippen LogP contribution >= 0.6 is 15.6 Å². The van der Waals surface area contributed by atoms with E-state index in [0.717, 1.165) is 4.57 Å². The van der Waals surface area contributed by atoms with E-state index in [1.54, 1.807) is 0 Å². The number of H-pyrrole nitrogens is 1. The molecule has 0 radical (unpaired) electrons. The minimum Gasteiger partial charge on any atom is -0.427 e. The number of phosphoric acid groups is 2. The first-order valence-electron chi connectivity index (χ1n) is 13.5. The van der Waals surface area contributed by atoms with Gasteiger partial charge in [-0.05, 0) is 48.4 Å². The number of nitrogens with zero attached hydrogens (tertiary/aromatic N) is 1. The molecule has 0 amide bonds. The summed E-state index contributed by atoms with van der Waals surface area (Å²) in [5.74, 6) is -0.541. The van der Waals surface area contributed by atoms with Gasteiger partial charge in [0.05, 0.1) is 19.8 Å². The van der Waals surface area contributed by atoms with Crippen LogP contribution in [0.1, 0.15) is 36.8 Å². The second-order valence-corrected chi connectivity index (χ2v) is 13.0. The topological polar surface area (TPSA) is 208 Å². The molecule has 246 valence electrons. The van der Waals surface area contributed by atoms with Crippen LogP contribution in [0, 0.1) is 6.92 Å². The Hall–Kier alpha value is -3.98. The Kier molecular flexibility index (Phi) is 11.4. The first kappa shape index (κ1) is 34.9. The van der Waals surface area contributed by atoms with Crippen molar-refractivity contribution in [3.05, 3.63) is 104 Å². The molecule has 1 unspecified atom stereocenters. The van der Waals surface area contributed by atoms with Gasteiger partial charge in [-0.25, -0.2) is 13.9 Å². The van der Waals surface area contributed by atoms with Crippen LogP contribution in [0.25, 0.3) is 0 Å². The number of phosphoric ester groups is 2. The molecule has 1 aromatic heterocycles. The molecule has 2 heterocycles. The lowest BCUT2D eigenvalue weighted by Gasteiger charge is -2.22. The molecular weight excluding hydrogens is 650 g/mol. The zero-order valence-electron chi connectivity index (χ0n) is 24.7. The minimum atomic E-state index is -5.13.